The van der Waals surface area contributed by atoms with Crippen LogP contribution in [-0.4, -0.2) is 29.5 Å². The molecule has 0 saturated carbocycles. The highest BCUT2D eigenvalue weighted by molar-refractivity contribution is 5.30. The maximum atomic E-state index is 5.51. The van der Waals surface area contributed by atoms with Crippen LogP contribution >= 0.6 is 0 Å². The molecule has 0 spiro atoms. The molecular weight excluding hydrogens is 260 g/mol. The Kier molecular flexibility index (Phi) is 3.17. The van der Waals surface area contributed by atoms with Gasteiger partial charge in [-0.15, -0.1) is 0 Å². The fraction of sp³-hybridized carbons (Fsp3) is 0. The third kappa shape index (κ3) is 2.52. The number of aromatic nitrogens is 6. The molecule has 0 aromatic carbocycles. The Morgan fingerprint density at radius 3 is 2.80 bits per heavy atom. The average molecular weight is 270 g/mol. The maximum Gasteiger partial charge on any atom is 0.328 e. The van der Waals surface area contributed by atoms with Crippen molar-refractivity contribution in [2.45, 2.75) is 0 Å². The average Bonchev–Trinajstić information content (AvgIpc) is 3.02. The van der Waals surface area contributed by atoms with Gasteiger partial charge in [0, 0.05) is 18.6 Å². The minimum absolute atomic E-state index is 0.102. The second kappa shape index (κ2) is 5.28. The van der Waals surface area contributed by atoms with Crippen LogP contribution in [0, 0.1) is 0 Å². The van der Waals surface area contributed by atoms with E-state index in [4.69, 9.17) is 10.6 Å². The molecule has 100 valence electrons. The van der Waals surface area contributed by atoms with Crippen molar-refractivity contribution in [3.63, 3.8) is 0 Å². The number of hydrogen-bond acceptors (Lipinski definition) is 8. The van der Waals surface area contributed by atoms with Crippen molar-refractivity contribution in [2.24, 2.45) is 5.84 Å². The van der Waals surface area contributed by atoms with E-state index in [-0.39, 0.29) is 12.0 Å². The molecule has 9 nitrogen and oxygen atoms in total. The van der Waals surface area contributed by atoms with Crippen molar-refractivity contribution < 1.29 is 4.74 Å². The molecule has 0 aliphatic carbocycles. The number of hydrazine groups is 1. The molecule has 20 heavy (non-hydrogen) atoms. The molecule has 0 unspecified atom stereocenters. The normalized spacial score (nSPS) is 10.2. The summed E-state index contributed by atoms with van der Waals surface area (Å²) in [5.74, 6) is 6.37. The van der Waals surface area contributed by atoms with E-state index >= 15 is 0 Å². The van der Waals surface area contributed by atoms with Crippen LogP contribution in [0.1, 0.15) is 0 Å². The summed E-state index contributed by atoms with van der Waals surface area (Å²) in [6, 6.07) is 3.59. The Balaban J connectivity index is 1.96. The van der Waals surface area contributed by atoms with E-state index in [0.29, 0.717) is 11.7 Å². The predicted molar refractivity (Wildman–Crippen MR) is 69.1 cm³/mol. The topological polar surface area (TPSA) is 117 Å². The van der Waals surface area contributed by atoms with Gasteiger partial charge >= 0.3 is 6.01 Å². The SMILES string of the molecule is NNc1nc(Oc2cccnc2)nc(-n2ccnc2)n1. The fourth-order valence-corrected chi connectivity index (χ4v) is 1.46. The number of anilines is 1. The lowest BCUT2D eigenvalue weighted by Gasteiger charge is -2.07. The highest BCUT2D eigenvalue weighted by Crippen LogP contribution is 2.17. The van der Waals surface area contributed by atoms with E-state index in [1.165, 1.54) is 0 Å². The molecule has 0 radical (unpaired) electrons. The van der Waals surface area contributed by atoms with Gasteiger partial charge in [-0.3, -0.25) is 15.0 Å². The summed E-state index contributed by atoms with van der Waals surface area (Å²) in [5, 5.41) is 0. The highest BCUT2D eigenvalue weighted by atomic mass is 16.5. The first-order chi connectivity index (χ1) is 9.85. The smallest absolute Gasteiger partial charge is 0.328 e. The molecule has 0 aliphatic heterocycles. The Morgan fingerprint density at radius 1 is 1.15 bits per heavy atom. The van der Waals surface area contributed by atoms with Gasteiger partial charge < -0.3 is 4.74 Å². The van der Waals surface area contributed by atoms with Gasteiger partial charge in [0.2, 0.25) is 11.9 Å². The lowest BCUT2D eigenvalue weighted by molar-refractivity contribution is 0.437. The van der Waals surface area contributed by atoms with Crippen LogP contribution in [0.4, 0.5) is 5.95 Å². The number of hydrogen-bond donors (Lipinski definition) is 2. The molecule has 0 saturated heterocycles. The molecule has 3 heterocycles. The second-order valence-corrected chi connectivity index (χ2v) is 3.65. The first-order valence-corrected chi connectivity index (χ1v) is 5.64. The molecule has 9 heteroatoms. The van der Waals surface area contributed by atoms with Crippen LogP contribution in [0.3, 0.4) is 0 Å². The molecule has 3 N–H and O–H groups in total. The van der Waals surface area contributed by atoms with Crippen molar-refractivity contribution in [1.29, 1.82) is 0 Å². The van der Waals surface area contributed by atoms with E-state index in [2.05, 4.69) is 30.3 Å². The monoisotopic (exact) mass is 270 g/mol. The first kappa shape index (κ1) is 12.0. The van der Waals surface area contributed by atoms with E-state index < -0.39 is 0 Å². The van der Waals surface area contributed by atoms with Crippen molar-refractivity contribution in [2.75, 3.05) is 5.43 Å². The maximum absolute atomic E-state index is 5.51. The van der Waals surface area contributed by atoms with Crippen LogP contribution in [-0.2, 0) is 0 Å². The van der Waals surface area contributed by atoms with Crippen molar-refractivity contribution in [1.82, 2.24) is 29.5 Å². The molecule has 0 fully saturated rings. The fourth-order valence-electron chi connectivity index (χ4n) is 1.46. The van der Waals surface area contributed by atoms with E-state index in [0.717, 1.165) is 0 Å². The zero-order valence-corrected chi connectivity index (χ0v) is 10.2. The molecule has 0 amide bonds. The van der Waals surface area contributed by atoms with E-state index in [1.807, 2.05) is 0 Å². The zero-order valence-electron chi connectivity index (χ0n) is 10.2. The highest BCUT2D eigenvalue weighted by Gasteiger charge is 2.09. The molecular formula is C11H10N8O. The minimum Gasteiger partial charge on any atom is -0.422 e. The second-order valence-electron chi connectivity index (χ2n) is 3.65. The van der Waals surface area contributed by atoms with Crippen molar-refractivity contribution in [3.8, 4) is 17.7 Å². The summed E-state index contributed by atoms with van der Waals surface area (Å²) >= 11 is 0. The van der Waals surface area contributed by atoms with Crippen LogP contribution in [0.25, 0.3) is 5.95 Å². The number of pyridine rings is 1. The largest absolute Gasteiger partial charge is 0.422 e. The molecule has 0 aliphatic rings. The predicted octanol–water partition coefficient (Wildman–Crippen LogP) is 0.530. The summed E-state index contributed by atoms with van der Waals surface area (Å²) in [7, 11) is 0. The molecule has 0 atom stereocenters. The Morgan fingerprint density at radius 2 is 2.10 bits per heavy atom. The first-order valence-electron chi connectivity index (χ1n) is 5.64. The van der Waals surface area contributed by atoms with Crippen LogP contribution in [0.2, 0.25) is 0 Å². The Bertz CT molecular complexity index is 685. The van der Waals surface area contributed by atoms with Gasteiger partial charge in [-0.2, -0.15) is 15.0 Å². The number of nitrogens with zero attached hydrogens (tertiary/aromatic N) is 6. The number of rotatable bonds is 4. The lowest BCUT2D eigenvalue weighted by atomic mass is 10.5. The van der Waals surface area contributed by atoms with Gasteiger partial charge in [0.15, 0.2) is 0 Å². The third-order valence-corrected chi connectivity index (χ3v) is 2.31. The van der Waals surface area contributed by atoms with E-state index in [9.17, 15) is 0 Å². The quantitative estimate of drug-likeness (QED) is 0.521. The Labute approximate surface area is 113 Å². The van der Waals surface area contributed by atoms with E-state index in [1.54, 1.807) is 47.8 Å². The molecule has 0 bridgehead atoms. The summed E-state index contributed by atoms with van der Waals surface area (Å²) in [6.07, 6.45) is 8.06. The molecule has 3 aromatic rings. The standard InChI is InChI=1S/C11H10N8O/c12-18-9-15-10(19-5-4-14-7-19)17-11(16-9)20-8-2-1-3-13-6-8/h1-7H,12H2,(H,15,16,17,18). The van der Waals surface area contributed by atoms with Gasteiger partial charge in [-0.05, 0) is 12.1 Å². The number of nitrogens with one attached hydrogen (secondary N) is 1. The minimum atomic E-state index is 0.102. The summed E-state index contributed by atoms with van der Waals surface area (Å²) in [5.41, 5.74) is 2.36. The van der Waals surface area contributed by atoms with Crippen molar-refractivity contribution in [3.05, 3.63) is 43.2 Å². The third-order valence-electron chi connectivity index (χ3n) is 2.31. The Hall–Kier alpha value is -3.07. The molecule has 3 aromatic heterocycles. The summed E-state index contributed by atoms with van der Waals surface area (Å²) in [4.78, 5) is 20.2. The summed E-state index contributed by atoms with van der Waals surface area (Å²) < 4.78 is 7.12. The van der Waals surface area contributed by atoms with Gasteiger partial charge in [0.05, 0.1) is 6.20 Å². The van der Waals surface area contributed by atoms with Gasteiger partial charge in [0.25, 0.3) is 0 Å². The van der Waals surface area contributed by atoms with Gasteiger partial charge in [0.1, 0.15) is 12.1 Å². The number of nitrogen functional groups attached to an aromatic ring is 1. The van der Waals surface area contributed by atoms with Gasteiger partial charge in [-0.25, -0.2) is 10.8 Å². The van der Waals surface area contributed by atoms with Crippen molar-refractivity contribution >= 4 is 5.95 Å². The van der Waals surface area contributed by atoms with Crippen LogP contribution in [0.5, 0.6) is 11.8 Å². The van der Waals surface area contributed by atoms with Gasteiger partial charge in [-0.1, -0.05) is 0 Å². The lowest BCUT2D eigenvalue weighted by Crippen LogP contribution is -2.13. The number of ether oxygens (including phenoxy) is 1. The van der Waals surface area contributed by atoms with Crippen LogP contribution in [0.15, 0.2) is 43.2 Å². The number of imidazole rings is 1. The number of nitrogens with two attached hydrogens (primary N) is 1. The van der Waals surface area contributed by atoms with Crippen LogP contribution < -0.4 is 16.0 Å². The zero-order chi connectivity index (χ0) is 13.8. The summed E-state index contributed by atoms with van der Waals surface area (Å²) in [6.45, 7) is 0. The molecule has 3 rings (SSSR count).